The molecule has 130 heavy (non-hydrogen) atoms. The highest BCUT2D eigenvalue weighted by Gasteiger charge is 2.47. The molecule has 0 spiro atoms. The van der Waals surface area contributed by atoms with Gasteiger partial charge in [-0.05, 0) is 325 Å². The van der Waals surface area contributed by atoms with Crippen molar-refractivity contribution in [1.29, 1.82) is 0 Å². The van der Waals surface area contributed by atoms with Crippen molar-refractivity contribution in [2.24, 2.45) is 28.1 Å². The molecule has 726 valence electrons. The van der Waals surface area contributed by atoms with Crippen LogP contribution in [0.25, 0.3) is 0 Å². The van der Waals surface area contributed by atoms with E-state index in [-0.39, 0.29) is 44.3 Å². The summed E-state index contributed by atoms with van der Waals surface area (Å²) in [6.45, 7) is 112. The van der Waals surface area contributed by atoms with Crippen LogP contribution in [0.4, 0.5) is 13.2 Å². The van der Waals surface area contributed by atoms with Gasteiger partial charge in [-0.1, -0.05) is 459 Å². The molecule has 0 atom stereocenters. The highest BCUT2D eigenvalue weighted by atomic mass is 19.4. The van der Waals surface area contributed by atoms with E-state index in [1.54, 1.807) is 6.07 Å². The first kappa shape index (κ1) is 121. The summed E-state index contributed by atoms with van der Waals surface area (Å²) < 4.78 is 38.6. The third-order valence-electron chi connectivity index (χ3n) is 24.1. The van der Waals surface area contributed by atoms with Crippen molar-refractivity contribution in [2.75, 3.05) is 0 Å². The standard InChI is InChI=1S/C16H26.C15H21F3.3C15H24.2C14H22.C12H18.C11H16/c1-12-8-9-13(11-15(2,3)4)10-14(12)16(5,6)7;1-10(2)13-8-12(7-6-11(13)3)9-14(4,5)15(16,17)18;1-11-8-9-12(14(2,3)4)10-13(11)15(5,6)7;1-11(2)14-9-13(8-7-12(14)3)10-15(4,5)6;1-11(2)9-13-8-7-12(3)14(10-13)15(4,5)6;1-10(2)12-8-7-11(3)13(9-12)14(4,5)6;1-10(2)8-13-7-6-12(5)14(9-13)11(3)4;1-9-6-7-10(2)11(8-9)12(3,4)5;1-9-7-5-6-8-10(9)11(2,3)4/h8-10H,11H2,1-7H3;6-8,10H,9H2,1-5H3;8-10H,1-7H3;7-9,11H,10H2,1-6H3;7-8,10-11H,9H2,1-6H3;7-10H,1-6H3;6-7,9-11H,8H2,1-5H3;6-8H,1-5H3;5-8H,1-4H3. The summed E-state index contributed by atoms with van der Waals surface area (Å²) in [6, 6.07) is 62.2. The number of aryl methyl sites for hydroxylation is 10. The zero-order valence-corrected chi connectivity index (χ0v) is 93.8. The fourth-order valence-electron chi connectivity index (χ4n) is 16.9. The Hall–Kier alpha value is -7.23. The van der Waals surface area contributed by atoms with E-state index >= 15 is 0 Å². The molecule has 9 aromatic carbocycles. The maximum atomic E-state index is 12.9. The Bertz CT molecular complexity index is 4860. The number of hydrogen-bond donors (Lipinski definition) is 0. The monoisotopic (exact) mass is 1780 g/mol. The van der Waals surface area contributed by atoms with Gasteiger partial charge in [0.15, 0.2) is 0 Å². The molecule has 0 fully saturated rings. The molecule has 9 rings (SSSR count). The lowest BCUT2D eigenvalue weighted by Crippen LogP contribution is -2.34. The van der Waals surface area contributed by atoms with Crippen LogP contribution in [0, 0.1) is 97.3 Å². The van der Waals surface area contributed by atoms with Crippen LogP contribution < -0.4 is 0 Å². The first-order chi connectivity index (χ1) is 58.6. The van der Waals surface area contributed by atoms with Gasteiger partial charge in [0.1, 0.15) is 0 Å². The molecule has 0 bridgehead atoms. The molecule has 0 unspecified atom stereocenters. The fraction of sp³-hybridized carbons (Fsp3) is 0.575. The largest absolute Gasteiger partial charge is 0.394 e. The van der Waals surface area contributed by atoms with Gasteiger partial charge in [0.2, 0.25) is 0 Å². The molecule has 0 heterocycles. The lowest BCUT2D eigenvalue weighted by molar-refractivity contribution is -0.211. The van der Waals surface area contributed by atoms with Crippen molar-refractivity contribution < 1.29 is 13.2 Å². The van der Waals surface area contributed by atoms with Gasteiger partial charge in [-0.15, -0.1) is 0 Å². The van der Waals surface area contributed by atoms with Gasteiger partial charge in [-0.25, -0.2) is 0 Å². The van der Waals surface area contributed by atoms with E-state index < -0.39 is 11.6 Å². The zero-order valence-electron chi connectivity index (χ0n) is 93.8. The van der Waals surface area contributed by atoms with Crippen molar-refractivity contribution in [2.45, 2.75) is 453 Å². The highest BCUT2D eigenvalue weighted by molar-refractivity contribution is 5.43. The maximum absolute atomic E-state index is 12.9. The summed E-state index contributed by atoms with van der Waals surface area (Å²) >= 11 is 0. The molecule has 0 nitrogen and oxygen atoms in total. The molecule has 0 saturated heterocycles. The SMILES string of the molecule is Cc1ccc(C(C)(C)C)cc1C(C)(C)C.Cc1ccc(C(C)C)cc1C(C)(C)C.Cc1ccc(C)c(C(C)(C)C)c1.Cc1ccc(CC(C)(C)C(F)(F)F)cc1C(C)C.Cc1ccc(CC(C)(C)C)cc1C(C)(C)C.Cc1ccc(CC(C)(C)C)cc1C(C)C.Cc1ccc(CC(C)C)cc1C(C)(C)C.Cc1ccc(CC(C)C)cc1C(C)C.Cc1ccccc1C(C)(C)C. The van der Waals surface area contributed by atoms with Gasteiger partial charge < -0.3 is 0 Å². The first-order valence-electron chi connectivity index (χ1n) is 49.5. The van der Waals surface area contributed by atoms with Crippen LogP contribution in [-0.2, 0) is 70.0 Å². The number of halogens is 3. The van der Waals surface area contributed by atoms with Crippen LogP contribution in [0.5, 0.6) is 0 Å². The average Bonchev–Trinajstić information content (AvgIpc) is 0.862. The molecule has 0 aliphatic carbocycles. The van der Waals surface area contributed by atoms with E-state index in [0.29, 0.717) is 34.5 Å². The second-order valence-electron chi connectivity index (χ2n) is 50.7. The van der Waals surface area contributed by atoms with E-state index in [4.69, 9.17) is 0 Å². The summed E-state index contributed by atoms with van der Waals surface area (Å²) in [5.41, 5.74) is 37.1. The van der Waals surface area contributed by atoms with Gasteiger partial charge in [0.25, 0.3) is 0 Å². The van der Waals surface area contributed by atoms with Crippen LogP contribution in [0.1, 0.15) is 452 Å². The van der Waals surface area contributed by atoms with E-state index in [2.05, 4.69) is 484 Å². The highest BCUT2D eigenvalue weighted by Crippen LogP contribution is 2.42. The van der Waals surface area contributed by atoms with E-state index in [1.807, 2.05) is 19.1 Å². The minimum absolute atomic E-state index is 0.0243. The van der Waals surface area contributed by atoms with Crippen molar-refractivity contribution >= 4 is 0 Å². The number of rotatable bonds is 12. The lowest BCUT2D eigenvalue weighted by atomic mass is 9.79. The predicted octanol–water partition coefficient (Wildman–Crippen LogP) is 39.5. The van der Waals surface area contributed by atoms with Gasteiger partial charge in [0, 0.05) is 0 Å². The van der Waals surface area contributed by atoms with Crippen molar-refractivity contribution in [3.63, 3.8) is 0 Å². The Kier molecular flexibility index (Phi) is 46.8. The Morgan fingerprint density at radius 2 is 0.485 bits per heavy atom. The summed E-state index contributed by atoms with van der Waals surface area (Å²) in [6.07, 6.45) is 0.541. The predicted molar refractivity (Wildman–Crippen MR) is 580 cm³/mol. The van der Waals surface area contributed by atoms with E-state index in [9.17, 15) is 13.2 Å². The molecule has 0 saturated carbocycles. The Morgan fingerprint density at radius 1 is 0.223 bits per heavy atom. The van der Waals surface area contributed by atoms with Crippen LogP contribution in [0.15, 0.2) is 170 Å². The Labute approximate surface area is 803 Å². The van der Waals surface area contributed by atoms with Gasteiger partial charge in [0.05, 0.1) is 5.41 Å². The van der Waals surface area contributed by atoms with Gasteiger partial charge in [-0.3, -0.25) is 0 Å². The van der Waals surface area contributed by atoms with E-state index in [1.165, 1.54) is 155 Å². The van der Waals surface area contributed by atoms with Crippen LogP contribution in [0.3, 0.4) is 0 Å². The molecule has 0 aliphatic rings. The minimum Gasteiger partial charge on any atom is -0.171 e. The third-order valence-corrected chi connectivity index (χ3v) is 24.1. The Balaban J connectivity index is 0.000000733. The Morgan fingerprint density at radius 3 is 0.785 bits per heavy atom. The van der Waals surface area contributed by atoms with E-state index in [0.717, 1.165) is 41.4 Å². The summed E-state index contributed by atoms with van der Waals surface area (Å²) in [7, 11) is 0. The zero-order chi connectivity index (χ0) is 101. The van der Waals surface area contributed by atoms with Crippen LogP contribution in [-0.4, -0.2) is 6.18 Å². The second kappa shape index (κ2) is 50.4. The smallest absolute Gasteiger partial charge is 0.171 e. The molecule has 0 amide bonds. The lowest BCUT2D eigenvalue weighted by Gasteiger charge is -2.28. The molecule has 3 heteroatoms. The summed E-state index contributed by atoms with van der Waals surface area (Å²) in [5, 5.41) is 0. The normalized spacial score (nSPS) is 12.3. The van der Waals surface area contributed by atoms with Gasteiger partial charge in [-0.2, -0.15) is 13.2 Å². The van der Waals surface area contributed by atoms with Crippen LogP contribution in [0.2, 0.25) is 0 Å². The summed E-state index contributed by atoms with van der Waals surface area (Å²) in [5.74, 6) is 3.71. The van der Waals surface area contributed by atoms with Crippen LogP contribution >= 0.6 is 0 Å². The second-order valence-corrected chi connectivity index (χ2v) is 50.7. The third kappa shape index (κ3) is 44.3. The van der Waals surface area contributed by atoms with Crippen molar-refractivity contribution in [1.82, 2.24) is 0 Å². The average molecular weight is 1780 g/mol. The quantitative estimate of drug-likeness (QED) is 0.114. The van der Waals surface area contributed by atoms with Crippen molar-refractivity contribution in [3.05, 3.63) is 315 Å². The number of hydrogen-bond acceptors (Lipinski definition) is 0. The summed E-state index contributed by atoms with van der Waals surface area (Å²) in [4.78, 5) is 0. The minimum atomic E-state index is -4.17. The number of benzene rings is 9. The van der Waals surface area contributed by atoms with Gasteiger partial charge >= 0.3 is 6.18 Å². The van der Waals surface area contributed by atoms with Crippen molar-refractivity contribution in [3.8, 4) is 0 Å². The first-order valence-corrected chi connectivity index (χ1v) is 49.5. The molecule has 0 N–H and O–H groups in total. The molecular weight excluding hydrogens is 1580 g/mol. The molecular formula is C127H197F3. The molecule has 0 aliphatic heterocycles. The maximum Gasteiger partial charge on any atom is 0.394 e. The molecule has 0 aromatic heterocycles. The molecule has 9 aromatic rings. The topological polar surface area (TPSA) is 0 Å². The molecule has 0 radical (unpaired) electrons. The number of alkyl halides is 3. The fourth-order valence-corrected chi connectivity index (χ4v) is 16.9.